The van der Waals surface area contributed by atoms with Gasteiger partial charge in [-0.15, -0.1) is 0 Å². The molecule has 1 aliphatic carbocycles. The highest BCUT2D eigenvalue weighted by atomic mass is 19.4. The zero-order chi connectivity index (χ0) is 28.2. The van der Waals surface area contributed by atoms with Crippen LogP contribution in [0.3, 0.4) is 0 Å². The van der Waals surface area contributed by atoms with E-state index in [-0.39, 0.29) is 29.8 Å². The predicted octanol–water partition coefficient (Wildman–Crippen LogP) is 5.36. The summed E-state index contributed by atoms with van der Waals surface area (Å²) in [7, 11) is 1.39. The minimum atomic E-state index is -5.66. The van der Waals surface area contributed by atoms with Crippen molar-refractivity contribution in [2.75, 3.05) is 43.6 Å². The first kappa shape index (κ1) is 28.6. The van der Waals surface area contributed by atoms with Gasteiger partial charge in [-0.3, -0.25) is 4.79 Å². The fourth-order valence-corrected chi connectivity index (χ4v) is 4.76. The van der Waals surface area contributed by atoms with Gasteiger partial charge in [-0.05, 0) is 55.1 Å². The molecule has 1 saturated carbocycles. The smallest absolute Gasteiger partial charge is 0.455 e. The number of nitrogens with zero attached hydrogens (tertiary/aromatic N) is 3. The maximum absolute atomic E-state index is 13.5. The van der Waals surface area contributed by atoms with Crippen molar-refractivity contribution in [1.29, 1.82) is 0 Å². The number of hydrogen-bond donors (Lipinski definition) is 2. The molecule has 1 aliphatic heterocycles. The largest absolute Gasteiger partial charge is 0.481 e. The van der Waals surface area contributed by atoms with Crippen molar-refractivity contribution < 1.29 is 41.3 Å². The van der Waals surface area contributed by atoms with Crippen LogP contribution in [0, 0.1) is 11.8 Å². The Morgan fingerprint density at radius 2 is 1.85 bits per heavy atom. The van der Waals surface area contributed by atoms with E-state index in [0.29, 0.717) is 50.0 Å². The number of nitrogens with one attached hydrogen (secondary N) is 1. The molecule has 2 aliphatic rings. The van der Waals surface area contributed by atoms with Crippen LogP contribution >= 0.6 is 0 Å². The van der Waals surface area contributed by atoms with Crippen LogP contribution in [0.25, 0.3) is 0 Å². The lowest BCUT2D eigenvalue weighted by Crippen LogP contribution is -2.43. The number of aliphatic carboxylic acids is 1. The summed E-state index contributed by atoms with van der Waals surface area (Å²) in [5.41, 5.74) is 1.39. The van der Waals surface area contributed by atoms with E-state index in [1.54, 1.807) is 12.3 Å². The molecule has 4 rings (SSSR count). The summed E-state index contributed by atoms with van der Waals surface area (Å²) in [5.74, 6) is -4.62. The second kappa shape index (κ2) is 11.8. The first-order valence-corrected chi connectivity index (χ1v) is 12.7. The lowest BCUT2D eigenvalue weighted by molar-refractivity contribution is -0.275. The topological polar surface area (TPSA) is 96.8 Å². The van der Waals surface area contributed by atoms with Gasteiger partial charge in [0.1, 0.15) is 0 Å². The van der Waals surface area contributed by atoms with Gasteiger partial charge < -0.3 is 24.8 Å². The molecule has 8 nitrogen and oxygen atoms in total. The van der Waals surface area contributed by atoms with Crippen molar-refractivity contribution in [3.63, 3.8) is 0 Å². The van der Waals surface area contributed by atoms with Gasteiger partial charge in [0, 0.05) is 31.4 Å². The van der Waals surface area contributed by atoms with Gasteiger partial charge in [0.15, 0.2) is 0 Å². The van der Waals surface area contributed by atoms with E-state index in [2.05, 4.69) is 15.3 Å². The van der Waals surface area contributed by atoms with Crippen molar-refractivity contribution in [2.24, 2.45) is 11.8 Å². The second-order valence-electron chi connectivity index (χ2n) is 10.0. The summed E-state index contributed by atoms with van der Waals surface area (Å²) < 4.78 is 75.9. The summed E-state index contributed by atoms with van der Waals surface area (Å²) in [6.45, 7) is -0.190. The highest BCUT2D eigenvalue weighted by molar-refractivity contribution is 5.70. The van der Waals surface area contributed by atoms with Crippen LogP contribution in [0.1, 0.15) is 43.6 Å². The van der Waals surface area contributed by atoms with Gasteiger partial charge in [-0.25, -0.2) is 9.97 Å². The van der Waals surface area contributed by atoms with Crippen molar-refractivity contribution >= 4 is 17.3 Å². The van der Waals surface area contributed by atoms with E-state index in [9.17, 15) is 31.9 Å². The number of hydrogen-bond acceptors (Lipinski definition) is 7. The third kappa shape index (κ3) is 7.39. The number of pyridine rings is 2. The Hall–Kier alpha value is -3.38. The van der Waals surface area contributed by atoms with Gasteiger partial charge in [-0.1, -0.05) is 0 Å². The number of carboxylic acids is 1. The SMILES string of the molecule is COc1cc(N2CCC(COc3cc(C(CC(=O)O)C4CC4)ccn3)CC2)c(NCC(F)(F)C(F)(F)F)cn1. The lowest BCUT2D eigenvalue weighted by Gasteiger charge is -2.35. The van der Waals surface area contributed by atoms with E-state index >= 15 is 0 Å². The molecule has 0 radical (unpaired) electrons. The van der Waals surface area contributed by atoms with E-state index < -0.39 is 24.6 Å². The van der Waals surface area contributed by atoms with Crippen LogP contribution < -0.4 is 19.7 Å². The standard InChI is InChI=1S/C26H31F5N4O4/c1-38-22-12-21(20(13-33-22)34-15-25(27,28)26(29,30)31)35-8-5-16(6-9-35)14-39-23-10-18(4-7-32-23)19(11-24(36)37)17-2-3-17/h4,7,10,12-13,16-17,19,34H,2-3,5-6,8-9,11,14-15H2,1H3,(H,36,37). The van der Waals surface area contributed by atoms with Crippen LogP contribution in [0.15, 0.2) is 30.6 Å². The molecule has 2 aromatic rings. The monoisotopic (exact) mass is 558 g/mol. The molecule has 13 heteroatoms. The van der Waals surface area contributed by atoms with Gasteiger partial charge >= 0.3 is 18.1 Å². The maximum Gasteiger partial charge on any atom is 0.455 e. The number of rotatable bonds is 12. The molecule has 2 aromatic heterocycles. The van der Waals surface area contributed by atoms with Gasteiger partial charge in [0.2, 0.25) is 11.8 Å². The van der Waals surface area contributed by atoms with Gasteiger partial charge in [0.25, 0.3) is 0 Å². The Bertz CT molecular complexity index is 1140. The molecule has 0 aromatic carbocycles. The molecular formula is C26H31F5N4O4. The van der Waals surface area contributed by atoms with Gasteiger partial charge in [0.05, 0.1) is 44.3 Å². The highest BCUT2D eigenvalue weighted by Crippen LogP contribution is 2.45. The number of piperidine rings is 1. The molecule has 2 fully saturated rings. The third-order valence-corrected chi connectivity index (χ3v) is 7.18. The van der Waals surface area contributed by atoms with Gasteiger partial charge in [-0.2, -0.15) is 22.0 Å². The van der Waals surface area contributed by atoms with Crippen LogP contribution in [0.2, 0.25) is 0 Å². The normalized spacial score (nSPS) is 17.5. The molecule has 0 amide bonds. The Balaban J connectivity index is 1.35. The number of anilines is 2. The summed E-state index contributed by atoms with van der Waals surface area (Å²) in [6, 6.07) is 5.14. The lowest BCUT2D eigenvalue weighted by atomic mass is 9.92. The quantitative estimate of drug-likeness (QED) is 0.336. The number of alkyl halides is 5. The Kier molecular flexibility index (Phi) is 8.65. The molecule has 1 saturated heterocycles. The maximum atomic E-state index is 13.5. The number of carbonyl (C=O) groups is 1. The molecule has 3 heterocycles. The molecular weight excluding hydrogens is 527 g/mol. The molecule has 214 valence electrons. The van der Waals surface area contributed by atoms with Crippen LogP contribution in [0.5, 0.6) is 11.8 Å². The zero-order valence-electron chi connectivity index (χ0n) is 21.4. The minimum Gasteiger partial charge on any atom is -0.481 e. The van der Waals surface area contributed by atoms with E-state index in [1.165, 1.54) is 19.4 Å². The minimum absolute atomic E-state index is 0.0574. The predicted molar refractivity (Wildman–Crippen MR) is 133 cm³/mol. The average molecular weight is 559 g/mol. The molecule has 1 atom stereocenters. The molecule has 0 bridgehead atoms. The number of ether oxygens (including phenoxy) is 2. The number of carboxylic acid groups (broad SMARTS) is 1. The van der Waals surface area contributed by atoms with Crippen molar-refractivity contribution in [3.8, 4) is 11.8 Å². The molecule has 1 unspecified atom stereocenters. The van der Waals surface area contributed by atoms with Crippen molar-refractivity contribution in [1.82, 2.24) is 9.97 Å². The first-order chi connectivity index (χ1) is 18.5. The van der Waals surface area contributed by atoms with E-state index in [1.807, 2.05) is 11.0 Å². The summed E-state index contributed by atoms with van der Waals surface area (Å²) in [4.78, 5) is 21.4. The Labute approximate surface area is 222 Å². The van der Waals surface area contributed by atoms with Crippen molar-refractivity contribution in [3.05, 3.63) is 36.2 Å². The number of methoxy groups -OCH3 is 1. The second-order valence-corrected chi connectivity index (χ2v) is 10.0. The van der Waals surface area contributed by atoms with E-state index in [4.69, 9.17) is 9.47 Å². The summed E-state index contributed by atoms with van der Waals surface area (Å²) in [5, 5.41) is 11.5. The fraction of sp³-hybridized carbons (Fsp3) is 0.577. The highest BCUT2D eigenvalue weighted by Gasteiger charge is 2.57. The Morgan fingerprint density at radius 1 is 1.13 bits per heavy atom. The van der Waals surface area contributed by atoms with E-state index in [0.717, 1.165) is 18.4 Å². The Morgan fingerprint density at radius 3 is 2.46 bits per heavy atom. The van der Waals surface area contributed by atoms with Crippen LogP contribution in [-0.4, -0.2) is 66.5 Å². The fourth-order valence-electron chi connectivity index (χ4n) is 4.76. The number of aromatic nitrogens is 2. The zero-order valence-corrected chi connectivity index (χ0v) is 21.4. The van der Waals surface area contributed by atoms with Crippen molar-refractivity contribution in [2.45, 2.75) is 50.1 Å². The average Bonchev–Trinajstić information content (AvgIpc) is 3.74. The molecule has 2 N–H and O–H groups in total. The molecule has 0 spiro atoms. The van der Waals surface area contributed by atoms with Crippen LogP contribution in [-0.2, 0) is 4.79 Å². The van der Waals surface area contributed by atoms with Crippen LogP contribution in [0.4, 0.5) is 33.3 Å². The summed E-state index contributed by atoms with van der Waals surface area (Å²) >= 11 is 0. The third-order valence-electron chi connectivity index (χ3n) is 7.18. The molecule has 39 heavy (non-hydrogen) atoms. The number of halogens is 5. The first-order valence-electron chi connectivity index (χ1n) is 12.7. The summed E-state index contributed by atoms with van der Waals surface area (Å²) in [6.07, 6.45) is 0.615.